The highest BCUT2D eigenvalue weighted by atomic mass is 79.9. The summed E-state index contributed by atoms with van der Waals surface area (Å²) in [5.74, 6) is 0.117. The molecule has 0 unspecified atom stereocenters. The maximum atomic E-state index is 12.2. The van der Waals surface area contributed by atoms with Gasteiger partial charge in [-0.25, -0.2) is 0 Å². The third-order valence-electron chi connectivity index (χ3n) is 2.82. The van der Waals surface area contributed by atoms with Crippen molar-refractivity contribution in [3.63, 3.8) is 0 Å². The van der Waals surface area contributed by atoms with Crippen LogP contribution in [0, 0.1) is 13.8 Å². The molecule has 92 valence electrons. The number of carbonyl (C=O) groups is 1. The first-order valence-corrected chi connectivity index (χ1v) is 6.56. The summed E-state index contributed by atoms with van der Waals surface area (Å²) in [4.78, 5) is 16.4. The fraction of sp³-hybridized carbons (Fsp3) is 0.200. The van der Waals surface area contributed by atoms with Crippen LogP contribution in [0.4, 0.5) is 0 Å². The van der Waals surface area contributed by atoms with Crippen molar-refractivity contribution >= 4 is 21.7 Å². The molecule has 3 heteroatoms. The topological polar surface area (TPSA) is 30.0 Å². The Kier molecular flexibility index (Phi) is 3.92. The number of hydrogen-bond donors (Lipinski definition) is 0. The van der Waals surface area contributed by atoms with Gasteiger partial charge < -0.3 is 0 Å². The van der Waals surface area contributed by atoms with Crippen molar-refractivity contribution in [3.8, 4) is 0 Å². The Morgan fingerprint density at radius 1 is 1.22 bits per heavy atom. The van der Waals surface area contributed by atoms with E-state index in [-0.39, 0.29) is 5.78 Å². The largest absolute Gasteiger partial charge is 0.294 e. The molecule has 0 saturated carbocycles. The molecule has 2 nitrogen and oxygen atoms in total. The predicted octanol–water partition coefficient (Wildman–Crippen LogP) is 3.89. The SMILES string of the molecule is Cc1ccc(C)c(C(=O)Cc2ccc(Br)cn2)c1. The van der Waals surface area contributed by atoms with Crippen LogP contribution in [-0.2, 0) is 6.42 Å². The van der Waals surface area contributed by atoms with E-state index in [4.69, 9.17) is 0 Å². The van der Waals surface area contributed by atoms with Crippen LogP contribution in [0.25, 0.3) is 0 Å². The van der Waals surface area contributed by atoms with Crippen LogP contribution < -0.4 is 0 Å². The van der Waals surface area contributed by atoms with Crippen molar-refractivity contribution < 1.29 is 4.79 Å². The summed E-state index contributed by atoms with van der Waals surface area (Å²) in [5.41, 5.74) is 3.71. The minimum atomic E-state index is 0.117. The van der Waals surface area contributed by atoms with Crippen molar-refractivity contribution in [3.05, 3.63) is 63.4 Å². The van der Waals surface area contributed by atoms with E-state index in [0.29, 0.717) is 6.42 Å². The molecular formula is C15H14BrNO. The second-order valence-corrected chi connectivity index (χ2v) is 5.30. The van der Waals surface area contributed by atoms with Crippen LogP contribution in [0.2, 0.25) is 0 Å². The molecule has 0 amide bonds. The average molecular weight is 304 g/mol. The van der Waals surface area contributed by atoms with Crippen molar-refractivity contribution in [2.24, 2.45) is 0 Å². The van der Waals surface area contributed by atoms with Crippen LogP contribution in [0.1, 0.15) is 27.2 Å². The molecule has 1 aromatic heterocycles. The molecule has 1 heterocycles. The number of nitrogens with zero attached hydrogens (tertiary/aromatic N) is 1. The molecule has 0 aliphatic rings. The Hall–Kier alpha value is -1.48. The fourth-order valence-corrected chi connectivity index (χ4v) is 2.04. The van der Waals surface area contributed by atoms with Gasteiger partial charge in [0.25, 0.3) is 0 Å². The molecule has 0 bridgehead atoms. The molecule has 0 aliphatic heterocycles. The lowest BCUT2D eigenvalue weighted by Gasteiger charge is -2.06. The number of Topliss-reactive ketones (excluding diaryl/α,β-unsaturated/α-hetero) is 1. The second-order valence-electron chi connectivity index (χ2n) is 4.39. The summed E-state index contributed by atoms with van der Waals surface area (Å²) in [6.45, 7) is 3.95. The molecule has 0 spiro atoms. The molecule has 0 radical (unpaired) electrons. The van der Waals surface area contributed by atoms with Gasteiger partial charge in [-0.3, -0.25) is 9.78 Å². The van der Waals surface area contributed by atoms with Gasteiger partial charge >= 0.3 is 0 Å². The fourth-order valence-electron chi connectivity index (χ4n) is 1.81. The van der Waals surface area contributed by atoms with Crippen LogP contribution >= 0.6 is 15.9 Å². The Bertz CT molecular complexity index is 576. The van der Waals surface area contributed by atoms with Gasteiger partial charge in [-0.1, -0.05) is 17.7 Å². The summed E-state index contributed by atoms with van der Waals surface area (Å²) in [6, 6.07) is 9.71. The molecule has 1 aromatic carbocycles. The number of aryl methyl sites for hydroxylation is 2. The van der Waals surface area contributed by atoms with E-state index >= 15 is 0 Å². The number of carbonyl (C=O) groups excluding carboxylic acids is 1. The number of pyridine rings is 1. The van der Waals surface area contributed by atoms with Gasteiger partial charge in [0.15, 0.2) is 5.78 Å². The van der Waals surface area contributed by atoms with Crippen LogP contribution in [0.15, 0.2) is 41.0 Å². The summed E-state index contributed by atoms with van der Waals surface area (Å²) >= 11 is 3.33. The van der Waals surface area contributed by atoms with Gasteiger partial charge in [-0.2, -0.15) is 0 Å². The minimum Gasteiger partial charge on any atom is -0.294 e. The molecular weight excluding hydrogens is 290 g/mol. The highest BCUT2D eigenvalue weighted by Crippen LogP contribution is 2.14. The van der Waals surface area contributed by atoms with Gasteiger partial charge in [-0.15, -0.1) is 0 Å². The Labute approximate surface area is 115 Å². The first-order chi connectivity index (χ1) is 8.56. The maximum absolute atomic E-state index is 12.2. The number of aromatic nitrogens is 1. The lowest BCUT2D eigenvalue weighted by Crippen LogP contribution is -2.07. The van der Waals surface area contributed by atoms with Crippen molar-refractivity contribution in [1.29, 1.82) is 0 Å². The highest BCUT2D eigenvalue weighted by molar-refractivity contribution is 9.10. The van der Waals surface area contributed by atoms with E-state index in [1.54, 1.807) is 6.20 Å². The quantitative estimate of drug-likeness (QED) is 0.805. The minimum absolute atomic E-state index is 0.117. The summed E-state index contributed by atoms with van der Waals surface area (Å²) in [7, 11) is 0. The van der Waals surface area contributed by atoms with E-state index < -0.39 is 0 Å². The van der Waals surface area contributed by atoms with E-state index in [0.717, 1.165) is 26.9 Å². The zero-order valence-electron chi connectivity index (χ0n) is 10.4. The summed E-state index contributed by atoms with van der Waals surface area (Å²) in [5, 5.41) is 0. The lowest BCUT2D eigenvalue weighted by atomic mass is 9.99. The maximum Gasteiger partial charge on any atom is 0.169 e. The Morgan fingerprint density at radius 3 is 2.67 bits per heavy atom. The molecule has 0 saturated heterocycles. The number of ketones is 1. The van der Waals surface area contributed by atoms with Gasteiger partial charge in [0.2, 0.25) is 0 Å². The van der Waals surface area contributed by atoms with Crippen LogP contribution in [0.3, 0.4) is 0 Å². The predicted molar refractivity (Wildman–Crippen MR) is 75.9 cm³/mol. The highest BCUT2D eigenvalue weighted by Gasteiger charge is 2.10. The van der Waals surface area contributed by atoms with Crippen molar-refractivity contribution in [2.75, 3.05) is 0 Å². The monoisotopic (exact) mass is 303 g/mol. The van der Waals surface area contributed by atoms with Gasteiger partial charge in [0, 0.05) is 21.9 Å². The Morgan fingerprint density at radius 2 is 2.00 bits per heavy atom. The molecule has 18 heavy (non-hydrogen) atoms. The standard InChI is InChI=1S/C15H14BrNO/c1-10-3-4-11(2)14(7-10)15(18)8-13-6-5-12(16)9-17-13/h3-7,9H,8H2,1-2H3. The van der Waals surface area contributed by atoms with Gasteiger partial charge in [0.05, 0.1) is 6.42 Å². The number of hydrogen-bond acceptors (Lipinski definition) is 2. The van der Waals surface area contributed by atoms with Crippen molar-refractivity contribution in [2.45, 2.75) is 20.3 Å². The second kappa shape index (κ2) is 5.44. The van der Waals surface area contributed by atoms with Crippen LogP contribution in [0.5, 0.6) is 0 Å². The molecule has 0 aliphatic carbocycles. The molecule has 0 atom stereocenters. The third kappa shape index (κ3) is 3.05. The molecule has 0 fully saturated rings. The molecule has 0 N–H and O–H groups in total. The number of rotatable bonds is 3. The Balaban J connectivity index is 2.21. The third-order valence-corrected chi connectivity index (χ3v) is 3.29. The van der Waals surface area contributed by atoms with Gasteiger partial charge in [0.1, 0.15) is 0 Å². The number of halogens is 1. The first-order valence-electron chi connectivity index (χ1n) is 5.77. The zero-order valence-corrected chi connectivity index (χ0v) is 12.0. The van der Waals surface area contributed by atoms with E-state index in [1.807, 2.05) is 44.2 Å². The first kappa shape index (κ1) is 13.0. The smallest absolute Gasteiger partial charge is 0.169 e. The number of benzene rings is 1. The van der Waals surface area contributed by atoms with Gasteiger partial charge in [-0.05, 0) is 53.5 Å². The lowest BCUT2D eigenvalue weighted by molar-refractivity contribution is 0.0991. The van der Waals surface area contributed by atoms with E-state index in [9.17, 15) is 4.79 Å². The normalized spacial score (nSPS) is 10.4. The average Bonchev–Trinajstić information content (AvgIpc) is 2.35. The van der Waals surface area contributed by atoms with E-state index in [2.05, 4.69) is 20.9 Å². The molecule has 2 rings (SSSR count). The van der Waals surface area contributed by atoms with Crippen LogP contribution in [-0.4, -0.2) is 10.8 Å². The van der Waals surface area contributed by atoms with Crippen molar-refractivity contribution in [1.82, 2.24) is 4.98 Å². The summed E-state index contributed by atoms with van der Waals surface area (Å²) in [6.07, 6.45) is 2.06. The summed E-state index contributed by atoms with van der Waals surface area (Å²) < 4.78 is 0.922. The zero-order chi connectivity index (χ0) is 13.1. The molecule has 2 aromatic rings. The van der Waals surface area contributed by atoms with E-state index in [1.165, 1.54) is 0 Å².